The van der Waals surface area contributed by atoms with Crippen molar-refractivity contribution in [1.29, 1.82) is 0 Å². The Morgan fingerprint density at radius 2 is 1.28 bits per heavy atom. The average molecular weight is 422 g/mol. The van der Waals surface area contributed by atoms with E-state index in [0.717, 1.165) is 22.9 Å². The molecule has 0 amide bonds. The molecule has 1 aliphatic heterocycles. The first-order valence-corrected chi connectivity index (χ1v) is 11.4. The molecule has 1 heterocycles. The highest BCUT2D eigenvalue weighted by molar-refractivity contribution is 6.04. The van der Waals surface area contributed by atoms with E-state index >= 15 is 0 Å². The van der Waals surface area contributed by atoms with Gasteiger partial charge in [-0.25, -0.2) is 0 Å². The predicted octanol–water partition coefficient (Wildman–Crippen LogP) is 8.95. The molecule has 2 nitrogen and oxygen atoms in total. The van der Waals surface area contributed by atoms with Crippen LogP contribution >= 0.6 is 0 Å². The number of hydrogen-bond donors (Lipinski definition) is 0. The number of hydrogen-bond acceptors (Lipinski definition) is 2. The third-order valence-corrected chi connectivity index (χ3v) is 6.49. The zero-order valence-corrected chi connectivity index (χ0v) is 20.1. The largest absolute Gasteiger partial charge is 0.453 e. The summed E-state index contributed by atoms with van der Waals surface area (Å²) in [7, 11) is 0. The summed E-state index contributed by atoms with van der Waals surface area (Å²) in [6.07, 6.45) is 0. The van der Waals surface area contributed by atoms with Crippen LogP contribution in [0, 0.1) is 27.7 Å². The highest BCUT2D eigenvalue weighted by atomic mass is 16.5. The highest BCUT2D eigenvalue weighted by Gasteiger charge is 2.30. The number of aryl methyl sites for hydroxylation is 4. The Kier molecular flexibility index (Phi) is 4.60. The number of nitrogens with zero attached hydrogens (tertiary/aromatic N) is 1. The van der Waals surface area contributed by atoms with E-state index in [0.29, 0.717) is 0 Å². The van der Waals surface area contributed by atoms with Crippen LogP contribution in [0.4, 0.5) is 17.1 Å². The Morgan fingerprint density at radius 1 is 0.656 bits per heavy atom. The molecule has 0 atom stereocenters. The third kappa shape index (κ3) is 3.26. The summed E-state index contributed by atoms with van der Waals surface area (Å²) in [5.74, 6) is 1.81. The van der Waals surface area contributed by atoms with Crippen LogP contribution < -0.4 is 9.64 Å². The minimum absolute atomic E-state index is 0.107. The topological polar surface area (TPSA) is 12.5 Å². The van der Waals surface area contributed by atoms with Gasteiger partial charge in [0.05, 0.1) is 17.1 Å². The maximum absolute atomic E-state index is 6.47. The molecule has 0 bridgehead atoms. The van der Waals surface area contributed by atoms with E-state index in [9.17, 15) is 0 Å². The van der Waals surface area contributed by atoms with Crippen LogP contribution in [0.15, 0.2) is 60.7 Å². The third-order valence-electron chi connectivity index (χ3n) is 6.49. The van der Waals surface area contributed by atoms with Crippen LogP contribution in [-0.4, -0.2) is 0 Å². The number of anilines is 3. The van der Waals surface area contributed by atoms with Crippen molar-refractivity contribution in [3.05, 3.63) is 88.5 Å². The lowest BCUT2D eigenvalue weighted by Gasteiger charge is -2.36. The van der Waals surface area contributed by atoms with Gasteiger partial charge in [-0.15, -0.1) is 0 Å². The highest BCUT2D eigenvalue weighted by Crippen LogP contribution is 2.54. The number of fused-ring (bicyclic) bond motifs is 4. The Balaban J connectivity index is 1.86. The molecule has 2 heteroatoms. The molecule has 4 aromatic rings. The average Bonchev–Trinajstić information content (AvgIpc) is 2.71. The molecular formula is C30H31NO. The van der Waals surface area contributed by atoms with Crippen molar-refractivity contribution in [3.63, 3.8) is 0 Å². The van der Waals surface area contributed by atoms with Gasteiger partial charge < -0.3 is 9.64 Å². The second-order valence-electron chi connectivity index (χ2n) is 10.3. The van der Waals surface area contributed by atoms with Gasteiger partial charge in [-0.3, -0.25) is 0 Å². The summed E-state index contributed by atoms with van der Waals surface area (Å²) in [6, 6.07) is 22.1. The molecule has 0 saturated heterocycles. The van der Waals surface area contributed by atoms with Crippen molar-refractivity contribution in [1.82, 2.24) is 0 Å². The first-order valence-electron chi connectivity index (χ1n) is 11.4. The van der Waals surface area contributed by atoms with Gasteiger partial charge >= 0.3 is 0 Å². The van der Waals surface area contributed by atoms with Gasteiger partial charge in [0.2, 0.25) is 0 Å². The molecule has 0 spiro atoms. The van der Waals surface area contributed by atoms with Crippen LogP contribution in [0.2, 0.25) is 0 Å². The maximum atomic E-state index is 6.47. The maximum Gasteiger partial charge on any atom is 0.152 e. The molecule has 5 rings (SSSR count). The number of rotatable bonds is 1. The Bertz CT molecular complexity index is 1350. The lowest BCUT2D eigenvalue weighted by molar-refractivity contribution is 0.477. The summed E-state index contributed by atoms with van der Waals surface area (Å²) in [5, 5.41) is 2.44. The molecule has 0 aromatic heterocycles. The van der Waals surface area contributed by atoms with Gasteiger partial charge in [-0.2, -0.15) is 0 Å². The fourth-order valence-corrected chi connectivity index (χ4v) is 4.81. The summed E-state index contributed by atoms with van der Waals surface area (Å²) < 4.78 is 6.47. The number of ether oxygens (including phenoxy) is 1. The van der Waals surface area contributed by atoms with E-state index < -0.39 is 0 Å². The van der Waals surface area contributed by atoms with Crippen molar-refractivity contribution < 1.29 is 4.74 Å². The van der Waals surface area contributed by atoms with Gasteiger partial charge in [-0.05, 0) is 85.0 Å². The minimum atomic E-state index is 0.107. The molecule has 162 valence electrons. The standard InChI is InChI=1S/C30H31NO/c1-18-8-10-22-11-13-26-29(24(22)14-18)31(25-12-9-19(2)15-27(25)32-26)28-20(3)16-23(17-21(28)4)30(5,6)7/h8-17H,1-7H3. The molecule has 0 saturated carbocycles. The van der Waals surface area contributed by atoms with Crippen LogP contribution in [0.3, 0.4) is 0 Å². The lowest BCUT2D eigenvalue weighted by Crippen LogP contribution is -2.20. The second-order valence-corrected chi connectivity index (χ2v) is 10.3. The normalized spacial score (nSPS) is 13.0. The number of benzene rings is 4. The first-order chi connectivity index (χ1) is 15.1. The lowest BCUT2D eigenvalue weighted by atomic mass is 9.84. The van der Waals surface area contributed by atoms with E-state index in [2.05, 4.69) is 114 Å². The fourth-order valence-electron chi connectivity index (χ4n) is 4.81. The Hall–Kier alpha value is -3.26. The quantitative estimate of drug-likeness (QED) is 0.268. The smallest absolute Gasteiger partial charge is 0.152 e. The monoisotopic (exact) mass is 421 g/mol. The molecule has 0 fully saturated rings. The van der Waals surface area contributed by atoms with E-state index in [1.54, 1.807) is 0 Å². The van der Waals surface area contributed by atoms with Crippen molar-refractivity contribution in [2.45, 2.75) is 53.9 Å². The van der Waals surface area contributed by atoms with Gasteiger partial charge in [-0.1, -0.05) is 62.7 Å². The van der Waals surface area contributed by atoms with Crippen molar-refractivity contribution in [2.24, 2.45) is 0 Å². The van der Waals surface area contributed by atoms with Crippen molar-refractivity contribution in [3.8, 4) is 11.5 Å². The van der Waals surface area contributed by atoms with Crippen molar-refractivity contribution >= 4 is 27.8 Å². The fraction of sp³-hybridized carbons (Fsp3) is 0.267. The molecule has 0 N–H and O–H groups in total. The van der Waals surface area contributed by atoms with Gasteiger partial charge in [0.1, 0.15) is 0 Å². The summed E-state index contributed by atoms with van der Waals surface area (Å²) >= 11 is 0. The van der Waals surface area contributed by atoms with Gasteiger partial charge in [0.15, 0.2) is 11.5 Å². The van der Waals surface area contributed by atoms with E-state index in [4.69, 9.17) is 4.74 Å². The minimum Gasteiger partial charge on any atom is -0.453 e. The molecule has 0 unspecified atom stereocenters. The van der Waals surface area contributed by atoms with Crippen LogP contribution in [0.1, 0.15) is 48.6 Å². The summed E-state index contributed by atoms with van der Waals surface area (Å²) in [6.45, 7) is 15.6. The van der Waals surface area contributed by atoms with E-state index in [1.165, 1.54) is 44.3 Å². The molecule has 0 radical (unpaired) electrons. The SMILES string of the molecule is Cc1ccc2c(c1)Oc1ccc3ccc(C)cc3c1N2c1c(C)cc(C(C)(C)C)cc1C. The first kappa shape index (κ1) is 20.6. The zero-order valence-electron chi connectivity index (χ0n) is 20.1. The molecule has 1 aliphatic rings. The molecular weight excluding hydrogens is 390 g/mol. The van der Waals surface area contributed by atoms with Gasteiger partial charge in [0, 0.05) is 5.39 Å². The van der Waals surface area contributed by atoms with Gasteiger partial charge in [0.25, 0.3) is 0 Å². The van der Waals surface area contributed by atoms with E-state index in [1.807, 2.05) is 0 Å². The summed E-state index contributed by atoms with van der Waals surface area (Å²) in [5.41, 5.74) is 9.92. The molecule has 0 aliphatic carbocycles. The Labute approximate surface area is 191 Å². The molecule has 4 aromatic carbocycles. The zero-order chi connectivity index (χ0) is 22.8. The second kappa shape index (κ2) is 7.13. The van der Waals surface area contributed by atoms with E-state index in [-0.39, 0.29) is 5.41 Å². The molecule has 32 heavy (non-hydrogen) atoms. The van der Waals surface area contributed by atoms with Crippen LogP contribution in [-0.2, 0) is 5.41 Å². The summed E-state index contributed by atoms with van der Waals surface area (Å²) in [4.78, 5) is 2.42. The predicted molar refractivity (Wildman–Crippen MR) is 136 cm³/mol. The van der Waals surface area contributed by atoms with Crippen LogP contribution in [0.5, 0.6) is 11.5 Å². The van der Waals surface area contributed by atoms with Crippen molar-refractivity contribution in [2.75, 3.05) is 4.90 Å². The van der Waals surface area contributed by atoms with Crippen LogP contribution in [0.25, 0.3) is 10.8 Å². The Morgan fingerprint density at radius 3 is 1.97 bits per heavy atom.